The minimum atomic E-state index is -1.06. The molecule has 1 aromatic carbocycles. The molecule has 134 valence electrons. The number of hydrogen-bond acceptors (Lipinski definition) is 4. The number of anilines is 1. The van der Waals surface area contributed by atoms with Crippen LogP contribution >= 0.6 is 0 Å². The van der Waals surface area contributed by atoms with Gasteiger partial charge in [0.15, 0.2) is 6.10 Å². The second-order valence-electron chi connectivity index (χ2n) is 6.51. The molecule has 0 unspecified atom stereocenters. The SMILES string of the molecule is Cc1cccc(NC(=O)[C@@H]2CC[C@H](C(=O)O)O2)c1C(=O)N1CCCC1. The van der Waals surface area contributed by atoms with Crippen LogP contribution in [0, 0.1) is 6.92 Å². The number of carbonyl (C=O) groups is 3. The first-order chi connectivity index (χ1) is 12.0. The molecule has 0 bridgehead atoms. The maximum absolute atomic E-state index is 12.8. The molecule has 0 aromatic heterocycles. The molecule has 2 fully saturated rings. The number of benzene rings is 1. The van der Waals surface area contributed by atoms with Crippen molar-refractivity contribution in [3.8, 4) is 0 Å². The highest BCUT2D eigenvalue weighted by molar-refractivity contribution is 6.05. The van der Waals surface area contributed by atoms with E-state index in [4.69, 9.17) is 9.84 Å². The maximum Gasteiger partial charge on any atom is 0.332 e. The predicted molar refractivity (Wildman–Crippen MR) is 90.5 cm³/mol. The largest absolute Gasteiger partial charge is 0.479 e. The van der Waals surface area contributed by atoms with Gasteiger partial charge in [-0.3, -0.25) is 9.59 Å². The summed E-state index contributed by atoms with van der Waals surface area (Å²) in [6.07, 6.45) is 0.887. The molecule has 2 N–H and O–H groups in total. The van der Waals surface area contributed by atoms with E-state index in [1.54, 1.807) is 17.0 Å². The van der Waals surface area contributed by atoms with Crippen LogP contribution in [0.3, 0.4) is 0 Å². The second kappa shape index (κ2) is 7.23. The summed E-state index contributed by atoms with van der Waals surface area (Å²) in [4.78, 5) is 38.0. The van der Waals surface area contributed by atoms with Crippen LogP contribution in [0.2, 0.25) is 0 Å². The lowest BCUT2D eigenvalue weighted by Crippen LogP contribution is -2.32. The van der Waals surface area contributed by atoms with E-state index < -0.39 is 24.1 Å². The third-order valence-electron chi connectivity index (χ3n) is 4.73. The number of aryl methyl sites for hydroxylation is 1. The summed E-state index contributed by atoms with van der Waals surface area (Å²) in [7, 11) is 0. The molecule has 0 aliphatic carbocycles. The summed E-state index contributed by atoms with van der Waals surface area (Å²) in [5.41, 5.74) is 1.74. The number of nitrogens with zero attached hydrogens (tertiary/aromatic N) is 1. The molecule has 2 atom stereocenters. The van der Waals surface area contributed by atoms with Crippen molar-refractivity contribution in [1.29, 1.82) is 0 Å². The van der Waals surface area contributed by atoms with Gasteiger partial charge in [-0.05, 0) is 44.2 Å². The first kappa shape index (κ1) is 17.4. The summed E-state index contributed by atoms with van der Waals surface area (Å²) >= 11 is 0. The van der Waals surface area contributed by atoms with Gasteiger partial charge < -0.3 is 20.1 Å². The van der Waals surface area contributed by atoms with Gasteiger partial charge in [-0.2, -0.15) is 0 Å². The molecular formula is C18H22N2O5. The van der Waals surface area contributed by atoms with Crippen LogP contribution < -0.4 is 5.32 Å². The van der Waals surface area contributed by atoms with E-state index in [-0.39, 0.29) is 5.91 Å². The van der Waals surface area contributed by atoms with E-state index in [9.17, 15) is 14.4 Å². The lowest BCUT2D eigenvalue weighted by atomic mass is 10.0. The Bertz CT molecular complexity index is 697. The van der Waals surface area contributed by atoms with Crippen molar-refractivity contribution in [2.24, 2.45) is 0 Å². The molecule has 2 saturated heterocycles. The maximum atomic E-state index is 12.8. The van der Waals surface area contributed by atoms with Gasteiger partial charge in [0.25, 0.3) is 11.8 Å². The van der Waals surface area contributed by atoms with Crippen LogP contribution in [-0.2, 0) is 14.3 Å². The van der Waals surface area contributed by atoms with Crippen LogP contribution in [0.25, 0.3) is 0 Å². The standard InChI is InChI=1S/C18H22N2O5/c1-11-5-4-6-12(15(11)17(22)20-9-2-3-10-20)19-16(21)13-7-8-14(25-13)18(23)24/h4-6,13-14H,2-3,7-10H2,1H3,(H,19,21)(H,23,24)/t13-,14+/m0/s1. The molecule has 2 amide bonds. The van der Waals surface area contributed by atoms with E-state index >= 15 is 0 Å². The lowest BCUT2D eigenvalue weighted by Gasteiger charge is -2.20. The molecule has 3 rings (SSSR count). The zero-order valence-electron chi connectivity index (χ0n) is 14.2. The molecule has 7 nitrogen and oxygen atoms in total. The summed E-state index contributed by atoms with van der Waals surface area (Å²) in [5, 5.41) is 11.7. The van der Waals surface area contributed by atoms with Crippen molar-refractivity contribution < 1.29 is 24.2 Å². The summed E-state index contributed by atoms with van der Waals surface area (Å²) < 4.78 is 5.28. The number of carboxylic acid groups (broad SMARTS) is 1. The van der Waals surface area contributed by atoms with Crippen molar-refractivity contribution in [3.63, 3.8) is 0 Å². The van der Waals surface area contributed by atoms with Gasteiger partial charge in [-0.1, -0.05) is 12.1 Å². The Labute approximate surface area is 146 Å². The minimum absolute atomic E-state index is 0.0818. The predicted octanol–water partition coefficient (Wildman–Crippen LogP) is 1.80. The fourth-order valence-electron chi connectivity index (χ4n) is 3.36. The summed E-state index contributed by atoms with van der Waals surface area (Å²) in [5.74, 6) is -1.55. The van der Waals surface area contributed by atoms with E-state index in [0.717, 1.165) is 31.5 Å². The van der Waals surface area contributed by atoms with Crippen molar-refractivity contribution in [1.82, 2.24) is 4.90 Å². The highest BCUT2D eigenvalue weighted by Gasteiger charge is 2.35. The van der Waals surface area contributed by atoms with E-state index in [2.05, 4.69) is 5.32 Å². The average Bonchev–Trinajstić information content (AvgIpc) is 3.26. The highest BCUT2D eigenvalue weighted by Crippen LogP contribution is 2.26. The van der Waals surface area contributed by atoms with Crippen LogP contribution in [0.5, 0.6) is 0 Å². The highest BCUT2D eigenvalue weighted by atomic mass is 16.5. The quantitative estimate of drug-likeness (QED) is 0.867. The molecule has 2 heterocycles. The van der Waals surface area contributed by atoms with Crippen LogP contribution in [0.15, 0.2) is 18.2 Å². The lowest BCUT2D eigenvalue weighted by molar-refractivity contribution is -0.150. The van der Waals surface area contributed by atoms with Gasteiger partial charge in [0, 0.05) is 13.1 Å². The Hall–Kier alpha value is -2.41. The summed E-state index contributed by atoms with van der Waals surface area (Å²) in [6, 6.07) is 5.31. The normalized spacial score (nSPS) is 22.8. The average molecular weight is 346 g/mol. The molecule has 1 aromatic rings. The third-order valence-corrected chi connectivity index (χ3v) is 4.73. The van der Waals surface area contributed by atoms with Gasteiger partial charge in [0.2, 0.25) is 0 Å². The smallest absolute Gasteiger partial charge is 0.332 e. The van der Waals surface area contributed by atoms with Gasteiger partial charge in [-0.15, -0.1) is 0 Å². The van der Waals surface area contributed by atoms with Crippen molar-refractivity contribution in [2.45, 2.75) is 44.8 Å². The van der Waals surface area contributed by atoms with Gasteiger partial charge in [-0.25, -0.2) is 4.79 Å². The number of carboxylic acids is 1. The minimum Gasteiger partial charge on any atom is -0.479 e. The number of likely N-dealkylation sites (tertiary alicyclic amines) is 1. The molecule has 2 aliphatic heterocycles. The van der Waals surface area contributed by atoms with E-state index in [1.165, 1.54) is 0 Å². The third kappa shape index (κ3) is 3.66. The molecular weight excluding hydrogens is 324 g/mol. The Morgan fingerprint density at radius 3 is 2.48 bits per heavy atom. The fraction of sp³-hybridized carbons (Fsp3) is 0.500. The summed E-state index contributed by atoms with van der Waals surface area (Å²) in [6.45, 7) is 3.30. The number of nitrogens with one attached hydrogen (secondary N) is 1. The number of hydrogen-bond donors (Lipinski definition) is 2. The van der Waals surface area contributed by atoms with Gasteiger partial charge >= 0.3 is 5.97 Å². The molecule has 25 heavy (non-hydrogen) atoms. The number of amides is 2. The fourth-order valence-corrected chi connectivity index (χ4v) is 3.36. The molecule has 0 spiro atoms. The Balaban J connectivity index is 1.76. The Morgan fingerprint density at radius 2 is 1.84 bits per heavy atom. The Kier molecular flexibility index (Phi) is 5.03. The first-order valence-corrected chi connectivity index (χ1v) is 8.55. The second-order valence-corrected chi connectivity index (χ2v) is 6.51. The molecule has 0 saturated carbocycles. The molecule has 2 aliphatic rings. The van der Waals surface area contributed by atoms with Crippen LogP contribution in [-0.4, -0.2) is 53.1 Å². The van der Waals surface area contributed by atoms with Crippen LogP contribution in [0.1, 0.15) is 41.6 Å². The first-order valence-electron chi connectivity index (χ1n) is 8.55. The van der Waals surface area contributed by atoms with Crippen molar-refractivity contribution >= 4 is 23.5 Å². The number of rotatable bonds is 4. The topological polar surface area (TPSA) is 95.9 Å². The zero-order valence-corrected chi connectivity index (χ0v) is 14.2. The van der Waals surface area contributed by atoms with Gasteiger partial charge in [0.1, 0.15) is 6.10 Å². The Morgan fingerprint density at radius 1 is 1.16 bits per heavy atom. The number of carbonyl (C=O) groups excluding carboxylic acids is 2. The molecule has 7 heteroatoms. The molecule has 0 radical (unpaired) electrons. The monoisotopic (exact) mass is 346 g/mol. The van der Waals surface area contributed by atoms with E-state index in [1.807, 2.05) is 13.0 Å². The zero-order chi connectivity index (χ0) is 18.0. The number of aliphatic carboxylic acids is 1. The van der Waals surface area contributed by atoms with Crippen molar-refractivity contribution in [2.75, 3.05) is 18.4 Å². The van der Waals surface area contributed by atoms with Gasteiger partial charge in [0.05, 0.1) is 11.3 Å². The van der Waals surface area contributed by atoms with E-state index in [0.29, 0.717) is 24.1 Å². The van der Waals surface area contributed by atoms with Crippen molar-refractivity contribution in [3.05, 3.63) is 29.3 Å². The number of ether oxygens (including phenoxy) is 1. The van der Waals surface area contributed by atoms with Crippen LogP contribution in [0.4, 0.5) is 5.69 Å².